The number of hydrogen-bond donors (Lipinski definition) is 1. The molecular formula is C31H44N2O8S. The van der Waals surface area contributed by atoms with Gasteiger partial charge in [-0.05, 0) is 61.8 Å². The Kier molecular flexibility index (Phi) is 10.3. The molecule has 3 rings (SSSR count). The minimum atomic E-state index is -3.67. The third-order valence-corrected chi connectivity index (χ3v) is 8.91. The summed E-state index contributed by atoms with van der Waals surface area (Å²) >= 11 is 0. The summed E-state index contributed by atoms with van der Waals surface area (Å²) in [5.74, 6) is -1.36. The van der Waals surface area contributed by atoms with Gasteiger partial charge in [-0.2, -0.15) is 0 Å². The van der Waals surface area contributed by atoms with E-state index in [0.717, 1.165) is 11.1 Å². The molecule has 1 aliphatic rings. The van der Waals surface area contributed by atoms with Crippen LogP contribution in [0.1, 0.15) is 71.6 Å². The number of nitro benzene ring substituents is 1. The van der Waals surface area contributed by atoms with Gasteiger partial charge in [-0.15, -0.1) is 0 Å². The number of amides is 1. The highest BCUT2D eigenvalue weighted by molar-refractivity contribution is 7.91. The van der Waals surface area contributed by atoms with E-state index < -0.39 is 50.3 Å². The first kappa shape index (κ1) is 33.3. The summed E-state index contributed by atoms with van der Waals surface area (Å²) in [4.78, 5) is 25.8. The molecule has 3 atom stereocenters. The zero-order chi connectivity index (χ0) is 31.5. The van der Waals surface area contributed by atoms with Crippen LogP contribution in [0, 0.1) is 16.0 Å². The number of benzene rings is 2. The Morgan fingerprint density at radius 3 is 2.36 bits per heavy atom. The second-order valence-corrected chi connectivity index (χ2v) is 15.2. The number of carbonyl (C=O) groups excluding carboxylic acids is 1. The predicted molar refractivity (Wildman–Crippen MR) is 161 cm³/mol. The maximum Gasteiger partial charge on any atom is 0.410 e. The van der Waals surface area contributed by atoms with E-state index in [0.29, 0.717) is 12.0 Å². The van der Waals surface area contributed by atoms with Gasteiger partial charge in [0.1, 0.15) is 5.60 Å². The van der Waals surface area contributed by atoms with Gasteiger partial charge in [-0.25, -0.2) is 13.2 Å². The number of nitrogens with zero attached hydrogens (tertiary/aromatic N) is 2. The number of nitro groups is 1. The van der Waals surface area contributed by atoms with E-state index in [2.05, 4.69) is 20.8 Å². The third-order valence-electron chi connectivity index (χ3n) is 7.12. The molecule has 11 heteroatoms. The van der Waals surface area contributed by atoms with Crippen LogP contribution < -0.4 is 4.74 Å². The Morgan fingerprint density at radius 1 is 1.07 bits per heavy atom. The minimum Gasteiger partial charge on any atom is -0.487 e. The maximum atomic E-state index is 13.5. The van der Waals surface area contributed by atoms with Crippen molar-refractivity contribution in [1.29, 1.82) is 0 Å². The molecule has 0 aliphatic carbocycles. The van der Waals surface area contributed by atoms with Gasteiger partial charge in [0.25, 0.3) is 0 Å². The standard InChI is InChI=1S/C31H44N2O8S/c1-8-14-40-27-17-21(12-13-25(27)33(36)37)15-23-19-42(38,39)20-26(28(23)34)32(29(35)41-31(5,6)7)18-22-10-9-11-24(16-22)30(2,3)4/h9-13,16-17,23,26,28,34H,8,14-15,18-20H2,1-7H3. The molecule has 1 N–H and O–H groups in total. The van der Waals surface area contributed by atoms with Gasteiger partial charge in [0.15, 0.2) is 15.6 Å². The van der Waals surface area contributed by atoms with Crippen LogP contribution in [0.2, 0.25) is 0 Å². The summed E-state index contributed by atoms with van der Waals surface area (Å²) in [6, 6.07) is 11.1. The van der Waals surface area contributed by atoms with E-state index in [1.54, 1.807) is 26.8 Å². The highest BCUT2D eigenvalue weighted by Crippen LogP contribution is 2.33. The molecule has 10 nitrogen and oxygen atoms in total. The predicted octanol–water partition coefficient (Wildman–Crippen LogP) is 5.44. The molecule has 42 heavy (non-hydrogen) atoms. The maximum absolute atomic E-state index is 13.5. The van der Waals surface area contributed by atoms with Crippen LogP contribution in [-0.2, 0) is 33.0 Å². The molecule has 1 heterocycles. The van der Waals surface area contributed by atoms with Gasteiger partial charge in [0.05, 0.1) is 35.2 Å². The van der Waals surface area contributed by atoms with Gasteiger partial charge in [0.2, 0.25) is 0 Å². The number of ether oxygens (including phenoxy) is 2. The van der Waals surface area contributed by atoms with Crippen molar-refractivity contribution < 1.29 is 32.7 Å². The summed E-state index contributed by atoms with van der Waals surface area (Å²) in [6.45, 7) is 13.6. The molecule has 2 aromatic carbocycles. The Hall–Kier alpha value is -3.18. The zero-order valence-corrected chi connectivity index (χ0v) is 26.4. The molecule has 2 aromatic rings. The number of aliphatic hydroxyl groups is 1. The van der Waals surface area contributed by atoms with E-state index in [-0.39, 0.29) is 42.2 Å². The van der Waals surface area contributed by atoms with Gasteiger partial charge in [0, 0.05) is 18.5 Å². The van der Waals surface area contributed by atoms with Gasteiger partial charge in [-0.3, -0.25) is 15.0 Å². The van der Waals surface area contributed by atoms with Crippen molar-refractivity contribution >= 4 is 21.6 Å². The lowest BCUT2D eigenvalue weighted by Crippen LogP contribution is -2.58. The molecule has 232 valence electrons. The third kappa shape index (κ3) is 8.91. The van der Waals surface area contributed by atoms with Crippen LogP contribution >= 0.6 is 0 Å². The first-order chi connectivity index (χ1) is 19.4. The van der Waals surface area contributed by atoms with Crippen molar-refractivity contribution in [2.45, 2.75) is 91.0 Å². The van der Waals surface area contributed by atoms with Crippen molar-refractivity contribution in [3.8, 4) is 5.75 Å². The molecule has 1 fully saturated rings. The fourth-order valence-electron chi connectivity index (χ4n) is 5.06. The number of sulfone groups is 1. The summed E-state index contributed by atoms with van der Waals surface area (Å²) in [5.41, 5.74) is 1.26. The highest BCUT2D eigenvalue weighted by Gasteiger charge is 2.45. The Labute approximate surface area is 249 Å². The number of hydrogen-bond acceptors (Lipinski definition) is 8. The van der Waals surface area contributed by atoms with Crippen molar-refractivity contribution in [3.63, 3.8) is 0 Å². The molecule has 0 radical (unpaired) electrons. The second-order valence-electron chi connectivity index (χ2n) is 13.1. The quantitative estimate of drug-likeness (QED) is 0.295. The fraction of sp³-hybridized carbons (Fsp3) is 0.581. The van der Waals surface area contributed by atoms with Crippen LogP contribution in [0.4, 0.5) is 10.5 Å². The van der Waals surface area contributed by atoms with Crippen molar-refractivity contribution in [2.75, 3.05) is 18.1 Å². The summed E-state index contributed by atoms with van der Waals surface area (Å²) in [7, 11) is -3.67. The molecule has 0 spiro atoms. The van der Waals surface area contributed by atoms with Gasteiger partial charge >= 0.3 is 11.8 Å². The fourth-order valence-corrected chi connectivity index (χ4v) is 7.06. The molecule has 1 saturated heterocycles. The molecule has 0 bridgehead atoms. The average molecular weight is 605 g/mol. The monoisotopic (exact) mass is 604 g/mol. The van der Waals surface area contributed by atoms with Crippen LogP contribution in [0.25, 0.3) is 0 Å². The zero-order valence-electron chi connectivity index (χ0n) is 25.6. The smallest absolute Gasteiger partial charge is 0.410 e. The van der Waals surface area contributed by atoms with Crippen molar-refractivity contribution in [2.24, 2.45) is 5.92 Å². The number of aliphatic hydroxyl groups excluding tert-OH is 1. The Balaban J connectivity index is 1.98. The SMILES string of the molecule is CCCOc1cc(CC2CS(=O)(=O)CC(N(Cc3cccc(C(C)(C)C)c3)C(=O)OC(C)(C)C)C2O)ccc1[N+](=O)[O-]. The van der Waals surface area contributed by atoms with Crippen molar-refractivity contribution in [1.82, 2.24) is 4.90 Å². The first-order valence-corrected chi connectivity index (χ1v) is 16.1. The first-order valence-electron chi connectivity index (χ1n) is 14.3. The summed E-state index contributed by atoms with van der Waals surface area (Å²) in [6.07, 6.45) is -1.13. The lowest BCUT2D eigenvalue weighted by atomic mass is 9.86. The largest absolute Gasteiger partial charge is 0.487 e. The van der Waals surface area contributed by atoms with E-state index in [4.69, 9.17) is 9.47 Å². The Bertz CT molecular complexity index is 1380. The number of carbonyl (C=O) groups is 1. The summed E-state index contributed by atoms with van der Waals surface area (Å²) < 4.78 is 37.7. The van der Waals surface area contributed by atoms with Gasteiger partial charge in [-0.1, -0.05) is 58.0 Å². The molecule has 1 amide bonds. The van der Waals surface area contributed by atoms with E-state index >= 15 is 0 Å². The second kappa shape index (κ2) is 13.0. The van der Waals surface area contributed by atoms with Crippen LogP contribution in [0.3, 0.4) is 0 Å². The topological polar surface area (TPSA) is 136 Å². The highest BCUT2D eigenvalue weighted by atomic mass is 32.2. The van der Waals surface area contributed by atoms with Crippen LogP contribution in [0.5, 0.6) is 5.75 Å². The molecule has 3 unspecified atom stereocenters. The lowest BCUT2D eigenvalue weighted by molar-refractivity contribution is -0.385. The molecular weight excluding hydrogens is 560 g/mol. The van der Waals surface area contributed by atoms with E-state index in [9.17, 15) is 28.4 Å². The molecule has 0 saturated carbocycles. The van der Waals surface area contributed by atoms with E-state index in [1.165, 1.54) is 17.0 Å². The van der Waals surface area contributed by atoms with Crippen molar-refractivity contribution in [3.05, 3.63) is 69.3 Å². The van der Waals surface area contributed by atoms with Crippen LogP contribution in [0.15, 0.2) is 42.5 Å². The summed E-state index contributed by atoms with van der Waals surface area (Å²) in [5, 5.41) is 23.1. The van der Waals surface area contributed by atoms with Gasteiger partial charge < -0.3 is 14.6 Å². The number of rotatable bonds is 9. The normalized spacial score (nSPS) is 20.5. The minimum absolute atomic E-state index is 0.0509. The average Bonchev–Trinajstić information content (AvgIpc) is 2.86. The Morgan fingerprint density at radius 2 is 1.76 bits per heavy atom. The van der Waals surface area contributed by atoms with E-state index in [1.807, 2.05) is 31.2 Å². The van der Waals surface area contributed by atoms with Crippen LogP contribution in [-0.4, -0.2) is 65.3 Å². The lowest BCUT2D eigenvalue weighted by Gasteiger charge is -2.41. The molecule has 0 aromatic heterocycles. The molecule has 1 aliphatic heterocycles.